The number of aromatic nitrogens is 1. The van der Waals surface area contributed by atoms with Gasteiger partial charge >= 0.3 is 0 Å². The van der Waals surface area contributed by atoms with E-state index < -0.39 is 0 Å². The molecule has 0 saturated heterocycles. The van der Waals surface area contributed by atoms with Gasteiger partial charge in [-0.1, -0.05) is 23.2 Å². The van der Waals surface area contributed by atoms with Crippen LogP contribution in [0, 0.1) is 0 Å². The fourth-order valence-corrected chi connectivity index (χ4v) is 2.51. The van der Waals surface area contributed by atoms with Crippen molar-refractivity contribution in [1.29, 1.82) is 0 Å². The number of fused-ring (bicyclic) bond motifs is 1. The molecular weight excluding hydrogens is 231 g/mol. The number of nitrogens with zero attached hydrogens (tertiary/aromatic N) is 1. The maximum Gasteiger partial charge on any atom is 0.0670 e. The van der Waals surface area contributed by atoms with Crippen LogP contribution in [0.1, 0.15) is 18.7 Å². The summed E-state index contributed by atoms with van der Waals surface area (Å²) < 4.78 is 2.01. The molecule has 1 atom stereocenters. The third-order valence-electron chi connectivity index (χ3n) is 2.55. The molecule has 1 aromatic heterocycles. The molecule has 2 N–H and O–H groups in total. The van der Waals surface area contributed by atoms with E-state index in [1.54, 1.807) is 6.07 Å². The first kappa shape index (κ1) is 10.8. The summed E-state index contributed by atoms with van der Waals surface area (Å²) in [7, 11) is 1.96. The fraction of sp³-hybridized carbons (Fsp3) is 0.273. The second kappa shape index (κ2) is 3.71. The first-order valence-corrected chi connectivity index (χ1v) is 5.46. The summed E-state index contributed by atoms with van der Waals surface area (Å²) in [5, 5.41) is 2.34. The number of hydrogen-bond acceptors (Lipinski definition) is 1. The second-order valence-electron chi connectivity index (χ2n) is 3.74. The van der Waals surface area contributed by atoms with Crippen molar-refractivity contribution in [1.82, 2.24) is 4.57 Å². The van der Waals surface area contributed by atoms with Gasteiger partial charge in [0.2, 0.25) is 0 Å². The van der Waals surface area contributed by atoms with Gasteiger partial charge in [0, 0.05) is 29.2 Å². The molecule has 0 bridgehead atoms. The van der Waals surface area contributed by atoms with Crippen LogP contribution in [0.15, 0.2) is 18.2 Å². The average Bonchev–Trinajstić information content (AvgIpc) is 2.42. The Hall–Kier alpha value is -0.700. The second-order valence-corrected chi connectivity index (χ2v) is 4.59. The molecule has 80 valence electrons. The molecule has 4 heteroatoms. The quantitative estimate of drug-likeness (QED) is 0.816. The summed E-state index contributed by atoms with van der Waals surface area (Å²) in [5.41, 5.74) is 7.90. The lowest BCUT2D eigenvalue weighted by Crippen LogP contribution is -2.09. The van der Waals surface area contributed by atoms with E-state index in [2.05, 4.69) is 0 Å². The molecule has 1 heterocycles. The number of halogens is 2. The van der Waals surface area contributed by atoms with Crippen molar-refractivity contribution < 1.29 is 0 Å². The lowest BCUT2D eigenvalue weighted by atomic mass is 10.2. The summed E-state index contributed by atoms with van der Waals surface area (Å²) in [6.45, 7) is 1.95. The molecule has 0 spiro atoms. The molecule has 1 aromatic carbocycles. The Morgan fingerprint density at radius 3 is 2.53 bits per heavy atom. The standard InChI is InChI=1S/C11H12Cl2N2/c1-6(14)10-4-7-3-8(12)5-9(13)11(7)15(10)2/h3-6H,14H2,1-2H3. The van der Waals surface area contributed by atoms with Gasteiger partial charge < -0.3 is 10.3 Å². The first-order chi connectivity index (χ1) is 7.00. The molecular formula is C11H12Cl2N2. The van der Waals surface area contributed by atoms with Crippen LogP contribution in [-0.2, 0) is 7.05 Å². The van der Waals surface area contributed by atoms with E-state index in [4.69, 9.17) is 28.9 Å². The van der Waals surface area contributed by atoms with Crippen molar-refractivity contribution in [3.63, 3.8) is 0 Å². The molecule has 0 saturated carbocycles. The number of aryl methyl sites for hydroxylation is 1. The zero-order valence-electron chi connectivity index (χ0n) is 8.59. The van der Waals surface area contributed by atoms with Crippen LogP contribution in [0.25, 0.3) is 10.9 Å². The van der Waals surface area contributed by atoms with Gasteiger partial charge in [-0.3, -0.25) is 0 Å². The summed E-state index contributed by atoms with van der Waals surface area (Å²) in [6.07, 6.45) is 0. The third kappa shape index (κ3) is 1.73. The maximum absolute atomic E-state index is 6.14. The fourth-order valence-electron chi connectivity index (χ4n) is 1.87. The predicted molar refractivity (Wildman–Crippen MR) is 65.5 cm³/mol. The normalized spacial score (nSPS) is 13.4. The van der Waals surface area contributed by atoms with Crippen molar-refractivity contribution in [2.75, 3.05) is 0 Å². The van der Waals surface area contributed by atoms with Crippen LogP contribution in [0.3, 0.4) is 0 Å². The van der Waals surface area contributed by atoms with Gasteiger partial charge in [0.25, 0.3) is 0 Å². The zero-order valence-corrected chi connectivity index (χ0v) is 10.1. The molecule has 1 unspecified atom stereocenters. The van der Waals surface area contributed by atoms with Crippen molar-refractivity contribution in [3.05, 3.63) is 33.9 Å². The highest BCUT2D eigenvalue weighted by Gasteiger charge is 2.12. The van der Waals surface area contributed by atoms with Gasteiger partial charge in [0.1, 0.15) is 0 Å². The first-order valence-electron chi connectivity index (χ1n) is 4.70. The minimum Gasteiger partial charge on any atom is -0.345 e. The minimum atomic E-state index is -0.0164. The van der Waals surface area contributed by atoms with Crippen LogP contribution in [0.2, 0.25) is 10.0 Å². The lowest BCUT2D eigenvalue weighted by molar-refractivity contribution is 0.726. The monoisotopic (exact) mass is 242 g/mol. The van der Waals surface area contributed by atoms with Crippen molar-refractivity contribution >= 4 is 34.1 Å². The van der Waals surface area contributed by atoms with Crippen LogP contribution < -0.4 is 5.73 Å². The van der Waals surface area contributed by atoms with Crippen LogP contribution in [0.4, 0.5) is 0 Å². The Morgan fingerprint density at radius 1 is 1.27 bits per heavy atom. The highest BCUT2D eigenvalue weighted by molar-refractivity contribution is 6.38. The summed E-state index contributed by atoms with van der Waals surface area (Å²) >= 11 is 12.1. The molecule has 0 aliphatic rings. The number of rotatable bonds is 1. The zero-order chi connectivity index (χ0) is 11.2. The van der Waals surface area contributed by atoms with Crippen LogP contribution in [-0.4, -0.2) is 4.57 Å². The van der Waals surface area contributed by atoms with Gasteiger partial charge in [0.15, 0.2) is 0 Å². The van der Waals surface area contributed by atoms with Crippen LogP contribution >= 0.6 is 23.2 Å². The van der Waals surface area contributed by atoms with E-state index in [-0.39, 0.29) is 6.04 Å². The molecule has 2 nitrogen and oxygen atoms in total. The van der Waals surface area contributed by atoms with Gasteiger partial charge in [-0.05, 0) is 25.1 Å². The average molecular weight is 243 g/mol. The van der Waals surface area contributed by atoms with E-state index in [1.165, 1.54) is 0 Å². The van der Waals surface area contributed by atoms with E-state index in [9.17, 15) is 0 Å². The van der Waals surface area contributed by atoms with Crippen molar-refractivity contribution in [3.8, 4) is 0 Å². The number of nitrogens with two attached hydrogens (primary N) is 1. The highest BCUT2D eigenvalue weighted by Crippen LogP contribution is 2.31. The molecule has 0 radical (unpaired) electrons. The van der Waals surface area contributed by atoms with Crippen LogP contribution in [0.5, 0.6) is 0 Å². The largest absolute Gasteiger partial charge is 0.345 e. The summed E-state index contributed by atoms with van der Waals surface area (Å²) in [4.78, 5) is 0. The third-order valence-corrected chi connectivity index (χ3v) is 3.06. The maximum atomic E-state index is 6.14. The van der Waals surface area contributed by atoms with Gasteiger partial charge in [0.05, 0.1) is 10.5 Å². The lowest BCUT2D eigenvalue weighted by Gasteiger charge is -2.07. The SMILES string of the molecule is CC(N)c1cc2cc(Cl)cc(Cl)c2n1C. The van der Waals surface area contributed by atoms with Gasteiger partial charge in [-0.2, -0.15) is 0 Å². The Labute approximate surface area is 98.6 Å². The molecule has 0 amide bonds. The van der Waals surface area contributed by atoms with Crippen molar-refractivity contribution in [2.24, 2.45) is 12.8 Å². The Balaban J connectivity index is 2.82. The summed E-state index contributed by atoms with van der Waals surface area (Å²) in [5.74, 6) is 0. The van der Waals surface area contributed by atoms with Crippen molar-refractivity contribution in [2.45, 2.75) is 13.0 Å². The molecule has 0 fully saturated rings. The topological polar surface area (TPSA) is 30.9 Å². The van der Waals surface area contributed by atoms with E-state index in [0.717, 1.165) is 16.6 Å². The molecule has 2 rings (SSSR count). The molecule has 15 heavy (non-hydrogen) atoms. The predicted octanol–water partition coefficient (Wildman–Crippen LogP) is 3.50. The Bertz CT molecular complexity index is 515. The van der Waals surface area contributed by atoms with E-state index in [0.29, 0.717) is 10.0 Å². The Morgan fingerprint density at radius 2 is 1.93 bits per heavy atom. The summed E-state index contributed by atoms with van der Waals surface area (Å²) in [6, 6.07) is 5.65. The van der Waals surface area contributed by atoms with Gasteiger partial charge in [-0.15, -0.1) is 0 Å². The molecule has 0 aliphatic carbocycles. The molecule has 2 aromatic rings. The number of hydrogen-bond donors (Lipinski definition) is 1. The number of benzene rings is 1. The van der Waals surface area contributed by atoms with Gasteiger partial charge in [-0.25, -0.2) is 0 Å². The van der Waals surface area contributed by atoms with E-state index >= 15 is 0 Å². The minimum absolute atomic E-state index is 0.0164. The Kier molecular flexibility index (Phi) is 2.67. The smallest absolute Gasteiger partial charge is 0.0670 e. The highest BCUT2D eigenvalue weighted by atomic mass is 35.5. The molecule has 0 aliphatic heterocycles. The van der Waals surface area contributed by atoms with E-state index in [1.807, 2.05) is 30.7 Å².